The summed E-state index contributed by atoms with van der Waals surface area (Å²) < 4.78 is 6.51. The number of fused-ring (bicyclic) bond motifs is 1. The van der Waals surface area contributed by atoms with E-state index < -0.39 is 17.2 Å². The van der Waals surface area contributed by atoms with Gasteiger partial charge in [0.1, 0.15) is 5.56 Å². The van der Waals surface area contributed by atoms with E-state index in [-0.39, 0.29) is 18.2 Å². The number of H-pyrrole nitrogens is 1. The number of nitrogens with one attached hydrogen (secondary N) is 2. The zero-order chi connectivity index (χ0) is 18.8. The van der Waals surface area contributed by atoms with Crippen molar-refractivity contribution in [1.29, 1.82) is 0 Å². The number of ether oxygens (including phenoxy) is 1. The average Bonchev–Trinajstić information content (AvgIpc) is 3.18. The number of rotatable bonds is 4. The summed E-state index contributed by atoms with van der Waals surface area (Å²) in [6, 6.07) is 9.07. The predicted molar refractivity (Wildman–Crippen MR) is 100.0 cm³/mol. The van der Waals surface area contributed by atoms with Crippen LogP contribution in [0.15, 0.2) is 52.3 Å². The molecule has 3 aromatic rings. The van der Waals surface area contributed by atoms with Crippen LogP contribution in [0.4, 0.5) is 5.69 Å². The Balaban J connectivity index is 1.65. The van der Waals surface area contributed by atoms with Crippen molar-refractivity contribution >= 4 is 22.5 Å². The molecule has 1 aromatic carbocycles. The Hall–Kier alpha value is -3.26. The van der Waals surface area contributed by atoms with Gasteiger partial charge in [-0.05, 0) is 25.0 Å². The smallest absolute Gasteiger partial charge is 0.328 e. The zero-order valence-corrected chi connectivity index (χ0v) is 14.5. The highest BCUT2D eigenvalue weighted by molar-refractivity contribution is 6.07. The number of aromatic amines is 1. The topological polar surface area (TPSA) is 106 Å². The first-order valence-corrected chi connectivity index (χ1v) is 8.73. The molecule has 2 N–H and O–H groups in total. The highest BCUT2D eigenvalue weighted by Gasteiger charge is 2.21. The second-order valence-corrected chi connectivity index (χ2v) is 6.39. The second-order valence-electron chi connectivity index (χ2n) is 6.39. The molecular formula is C19H18N4O4. The molecule has 1 aliphatic heterocycles. The van der Waals surface area contributed by atoms with Crippen molar-refractivity contribution < 1.29 is 9.53 Å². The summed E-state index contributed by atoms with van der Waals surface area (Å²) in [5.74, 6) is -0.601. The van der Waals surface area contributed by atoms with Crippen LogP contribution >= 0.6 is 0 Å². The Morgan fingerprint density at radius 3 is 2.96 bits per heavy atom. The van der Waals surface area contributed by atoms with Gasteiger partial charge in [0.25, 0.3) is 11.5 Å². The van der Waals surface area contributed by atoms with Crippen molar-refractivity contribution in [3.8, 4) is 0 Å². The number of carbonyl (C=O) groups excluding carboxylic acids is 1. The van der Waals surface area contributed by atoms with Gasteiger partial charge in [-0.15, -0.1) is 0 Å². The van der Waals surface area contributed by atoms with Crippen LogP contribution in [0.25, 0.3) is 10.9 Å². The van der Waals surface area contributed by atoms with Crippen molar-refractivity contribution in [1.82, 2.24) is 14.5 Å². The van der Waals surface area contributed by atoms with Crippen LogP contribution in [-0.4, -0.2) is 33.2 Å². The van der Waals surface area contributed by atoms with Gasteiger partial charge in [0, 0.05) is 24.4 Å². The molecule has 8 heteroatoms. The molecular weight excluding hydrogens is 348 g/mol. The lowest BCUT2D eigenvalue weighted by molar-refractivity contribution is 0.0941. The molecule has 1 amide bonds. The Kier molecular flexibility index (Phi) is 4.55. The summed E-state index contributed by atoms with van der Waals surface area (Å²) in [5, 5.41) is 3.58. The minimum Gasteiger partial charge on any atom is -0.376 e. The number of amides is 1. The van der Waals surface area contributed by atoms with Crippen LogP contribution in [0.2, 0.25) is 0 Å². The van der Waals surface area contributed by atoms with Gasteiger partial charge in [-0.2, -0.15) is 0 Å². The fourth-order valence-electron chi connectivity index (χ4n) is 3.23. The molecule has 4 rings (SSSR count). The molecule has 3 heterocycles. The summed E-state index contributed by atoms with van der Waals surface area (Å²) in [6.45, 7) is 0.747. The highest BCUT2D eigenvalue weighted by Crippen LogP contribution is 2.21. The first kappa shape index (κ1) is 17.2. The van der Waals surface area contributed by atoms with E-state index in [1.807, 2.05) is 12.1 Å². The molecule has 1 aliphatic rings. The maximum atomic E-state index is 12.7. The number of hydrogen-bond acceptors (Lipinski definition) is 5. The Labute approximate surface area is 153 Å². The van der Waals surface area contributed by atoms with Gasteiger partial charge in [0.2, 0.25) is 0 Å². The van der Waals surface area contributed by atoms with E-state index >= 15 is 0 Å². The number of benzene rings is 1. The third-order valence-electron chi connectivity index (χ3n) is 4.60. The van der Waals surface area contributed by atoms with Crippen LogP contribution in [0.3, 0.4) is 0 Å². The van der Waals surface area contributed by atoms with E-state index in [0.29, 0.717) is 17.8 Å². The van der Waals surface area contributed by atoms with Crippen LogP contribution in [0, 0.1) is 0 Å². The van der Waals surface area contributed by atoms with E-state index in [0.717, 1.165) is 29.0 Å². The van der Waals surface area contributed by atoms with E-state index in [9.17, 15) is 14.4 Å². The fourth-order valence-corrected chi connectivity index (χ4v) is 3.23. The Morgan fingerprint density at radius 2 is 2.15 bits per heavy atom. The molecule has 0 saturated carbocycles. The molecule has 1 atom stereocenters. The van der Waals surface area contributed by atoms with Gasteiger partial charge >= 0.3 is 5.69 Å². The number of hydrogen-bond donors (Lipinski definition) is 2. The minimum absolute atomic E-state index is 0.130. The average molecular weight is 366 g/mol. The summed E-state index contributed by atoms with van der Waals surface area (Å²) in [6.07, 6.45) is 4.26. The summed E-state index contributed by atoms with van der Waals surface area (Å²) >= 11 is 0. The molecule has 0 aliphatic carbocycles. The Bertz CT molecular complexity index is 1110. The summed E-state index contributed by atoms with van der Waals surface area (Å²) in [7, 11) is 0. The number of aromatic nitrogens is 3. The quantitative estimate of drug-likeness (QED) is 0.728. The summed E-state index contributed by atoms with van der Waals surface area (Å²) in [5.41, 5.74) is -0.216. The van der Waals surface area contributed by atoms with E-state index in [4.69, 9.17) is 4.74 Å². The van der Waals surface area contributed by atoms with Gasteiger partial charge in [0.05, 0.1) is 23.9 Å². The number of pyridine rings is 1. The standard InChI is InChI=1S/C19H18N4O4/c24-17(22-15-7-1-4-12-5-2-8-20-16(12)15)14-10-21-19(26)23(18(14)25)11-13-6-3-9-27-13/h1-2,4-5,7-8,10,13H,3,6,9,11H2,(H,21,26)(H,22,24). The monoisotopic (exact) mass is 366 g/mol. The number of nitrogens with zero attached hydrogens (tertiary/aromatic N) is 2. The predicted octanol–water partition coefficient (Wildman–Crippen LogP) is 1.52. The van der Waals surface area contributed by atoms with Crippen molar-refractivity contribution in [2.45, 2.75) is 25.5 Å². The lowest BCUT2D eigenvalue weighted by Crippen LogP contribution is -2.41. The first-order valence-electron chi connectivity index (χ1n) is 8.73. The lowest BCUT2D eigenvalue weighted by Gasteiger charge is -2.12. The molecule has 138 valence electrons. The first-order chi connectivity index (χ1) is 13.1. The molecule has 2 aromatic heterocycles. The maximum absolute atomic E-state index is 12.7. The summed E-state index contributed by atoms with van der Waals surface area (Å²) in [4.78, 5) is 44.1. The van der Waals surface area contributed by atoms with Crippen LogP contribution in [-0.2, 0) is 11.3 Å². The van der Waals surface area contributed by atoms with E-state index in [1.165, 1.54) is 0 Å². The number of carbonyl (C=O) groups is 1. The molecule has 1 unspecified atom stereocenters. The van der Waals surface area contributed by atoms with Crippen LogP contribution in [0.1, 0.15) is 23.2 Å². The van der Waals surface area contributed by atoms with Crippen molar-refractivity contribution in [3.05, 3.63) is 69.1 Å². The molecule has 1 saturated heterocycles. The largest absolute Gasteiger partial charge is 0.376 e. The van der Waals surface area contributed by atoms with Gasteiger partial charge in [-0.1, -0.05) is 18.2 Å². The fraction of sp³-hybridized carbons (Fsp3) is 0.263. The van der Waals surface area contributed by atoms with Crippen molar-refractivity contribution in [2.75, 3.05) is 11.9 Å². The molecule has 0 radical (unpaired) electrons. The SMILES string of the molecule is O=C(Nc1cccc2cccnc12)c1c[nH]c(=O)n(CC2CCCO2)c1=O. The van der Waals surface area contributed by atoms with E-state index in [1.54, 1.807) is 24.4 Å². The van der Waals surface area contributed by atoms with E-state index in [2.05, 4.69) is 15.3 Å². The lowest BCUT2D eigenvalue weighted by atomic mass is 10.2. The maximum Gasteiger partial charge on any atom is 0.328 e. The zero-order valence-electron chi connectivity index (χ0n) is 14.5. The third kappa shape index (κ3) is 3.39. The highest BCUT2D eigenvalue weighted by atomic mass is 16.5. The molecule has 8 nitrogen and oxygen atoms in total. The molecule has 0 bridgehead atoms. The molecule has 0 spiro atoms. The molecule has 1 fully saturated rings. The van der Waals surface area contributed by atoms with Gasteiger partial charge < -0.3 is 15.0 Å². The van der Waals surface area contributed by atoms with Crippen LogP contribution < -0.4 is 16.6 Å². The van der Waals surface area contributed by atoms with Crippen molar-refractivity contribution in [2.24, 2.45) is 0 Å². The number of anilines is 1. The van der Waals surface area contributed by atoms with Gasteiger partial charge in [-0.25, -0.2) is 4.79 Å². The number of para-hydroxylation sites is 1. The second kappa shape index (κ2) is 7.16. The third-order valence-corrected chi connectivity index (χ3v) is 4.60. The van der Waals surface area contributed by atoms with Crippen LogP contribution in [0.5, 0.6) is 0 Å². The normalized spacial score (nSPS) is 16.5. The molecule has 27 heavy (non-hydrogen) atoms. The Morgan fingerprint density at radius 1 is 1.30 bits per heavy atom. The van der Waals surface area contributed by atoms with Crippen molar-refractivity contribution in [3.63, 3.8) is 0 Å². The minimum atomic E-state index is -0.639. The van der Waals surface area contributed by atoms with Gasteiger partial charge in [0.15, 0.2) is 0 Å². The van der Waals surface area contributed by atoms with Gasteiger partial charge in [-0.3, -0.25) is 19.1 Å².